The number of aryl methyl sites for hydroxylation is 1. The molecule has 0 atom stereocenters. The Labute approximate surface area is 129 Å². The third-order valence-corrected chi connectivity index (χ3v) is 3.25. The van der Waals surface area contributed by atoms with E-state index in [0.717, 1.165) is 24.2 Å². The maximum atomic E-state index is 13.9. The van der Waals surface area contributed by atoms with Crippen molar-refractivity contribution in [2.45, 2.75) is 26.8 Å². The number of halogens is 2. The number of ether oxygens (including phenoxy) is 1. The minimum absolute atomic E-state index is 0.0453. The van der Waals surface area contributed by atoms with Crippen LogP contribution in [0.4, 0.5) is 4.39 Å². The lowest BCUT2D eigenvalue weighted by atomic mass is 10.2. The fourth-order valence-corrected chi connectivity index (χ4v) is 2.04. The van der Waals surface area contributed by atoms with Crippen LogP contribution in [0.25, 0.3) is 0 Å². The monoisotopic (exact) mass is 308 g/mol. The summed E-state index contributed by atoms with van der Waals surface area (Å²) in [6, 6.07) is 6.50. The van der Waals surface area contributed by atoms with E-state index in [-0.39, 0.29) is 10.8 Å². The van der Waals surface area contributed by atoms with Crippen LogP contribution in [0.3, 0.4) is 0 Å². The van der Waals surface area contributed by atoms with E-state index in [1.807, 2.05) is 6.92 Å². The average Bonchev–Trinajstić information content (AvgIpc) is 2.46. The molecule has 0 aliphatic rings. The lowest BCUT2D eigenvalue weighted by Crippen LogP contribution is -2.14. The van der Waals surface area contributed by atoms with Gasteiger partial charge in [-0.05, 0) is 32.0 Å². The van der Waals surface area contributed by atoms with Gasteiger partial charge in [0, 0.05) is 30.1 Å². The molecule has 0 fully saturated rings. The molecule has 0 aliphatic carbocycles. The standard InChI is InChI=1S/C16H18ClFN2O/c1-3-7-19-9-12-10-20-11(2)8-15(12)21-14-6-4-5-13(17)16(14)18/h4-6,8,10,19H,3,7,9H2,1-2H3. The van der Waals surface area contributed by atoms with E-state index in [2.05, 4.69) is 17.2 Å². The lowest BCUT2D eigenvalue weighted by Gasteiger charge is -2.13. The highest BCUT2D eigenvalue weighted by Gasteiger charge is 2.11. The molecule has 1 aromatic carbocycles. The topological polar surface area (TPSA) is 34.2 Å². The molecule has 0 bridgehead atoms. The van der Waals surface area contributed by atoms with Crippen LogP contribution in [0.2, 0.25) is 5.02 Å². The first-order valence-electron chi connectivity index (χ1n) is 6.90. The smallest absolute Gasteiger partial charge is 0.184 e. The molecular weight excluding hydrogens is 291 g/mol. The van der Waals surface area contributed by atoms with Gasteiger partial charge in [-0.25, -0.2) is 4.39 Å². The van der Waals surface area contributed by atoms with Crippen LogP contribution >= 0.6 is 11.6 Å². The molecule has 0 saturated carbocycles. The minimum atomic E-state index is -0.555. The zero-order valence-electron chi connectivity index (χ0n) is 12.1. The molecule has 1 aromatic heterocycles. The maximum absolute atomic E-state index is 13.9. The van der Waals surface area contributed by atoms with Crippen molar-refractivity contribution in [3.8, 4) is 11.5 Å². The van der Waals surface area contributed by atoms with Crippen molar-refractivity contribution >= 4 is 11.6 Å². The van der Waals surface area contributed by atoms with Crippen molar-refractivity contribution in [2.75, 3.05) is 6.54 Å². The zero-order chi connectivity index (χ0) is 15.2. The van der Waals surface area contributed by atoms with Gasteiger partial charge in [-0.15, -0.1) is 0 Å². The summed E-state index contributed by atoms with van der Waals surface area (Å²) in [4.78, 5) is 4.26. The molecule has 2 rings (SSSR count). The van der Waals surface area contributed by atoms with E-state index in [0.29, 0.717) is 12.3 Å². The first kappa shape index (κ1) is 15.7. The first-order chi connectivity index (χ1) is 10.1. The van der Waals surface area contributed by atoms with E-state index in [1.165, 1.54) is 6.07 Å². The van der Waals surface area contributed by atoms with Gasteiger partial charge in [0.25, 0.3) is 0 Å². The largest absolute Gasteiger partial charge is 0.454 e. The van der Waals surface area contributed by atoms with Gasteiger partial charge in [0.2, 0.25) is 0 Å². The zero-order valence-corrected chi connectivity index (χ0v) is 12.9. The molecule has 1 N–H and O–H groups in total. The molecule has 5 heteroatoms. The molecule has 3 nitrogen and oxygen atoms in total. The van der Waals surface area contributed by atoms with Crippen molar-refractivity contribution in [3.63, 3.8) is 0 Å². The third kappa shape index (κ3) is 4.16. The Kier molecular flexibility index (Phi) is 5.53. The number of rotatable bonds is 6. The van der Waals surface area contributed by atoms with Crippen LogP contribution < -0.4 is 10.1 Å². The Balaban J connectivity index is 2.25. The minimum Gasteiger partial charge on any atom is -0.454 e. The first-order valence-corrected chi connectivity index (χ1v) is 7.27. The second-order valence-corrected chi connectivity index (χ2v) is 5.17. The fraction of sp³-hybridized carbons (Fsp3) is 0.312. The van der Waals surface area contributed by atoms with Gasteiger partial charge in [-0.1, -0.05) is 24.6 Å². The van der Waals surface area contributed by atoms with E-state index in [9.17, 15) is 4.39 Å². The van der Waals surface area contributed by atoms with Crippen LogP contribution in [0.1, 0.15) is 24.6 Å². The van der Waals surface area contributed by atoms with Crippen molar-refractivity contribution < 1.29 is 9.13 Å². The molecule has 112 valence electrons. The quantitative estimate of drug-likeness (QED) is 0.799. The van der Waals surface area contributed by atoms with E-state index in [1.54, 1.807) is 24.4 Å². The highest BCUT2D eigenvalue weighted by Crippen LogP contribution is 2.30. The molecule has 21 heavy (non-hydrogen) atoms. The molecule has 0 saturated heterocycles. The number of hydrogen-bond acceptors (Lipinski definition) is 3. The van der Waals surface area contributed by atoms with Gasteiger partial charge in [-0.2, -0.15) is 0 Å². The Hall–Kier alpha value is -1.65. The van der Waals surface area contributed by atoms with Gasteiger partial charge >= 0.3 is 0 Å². The summed E-state index contributed by atoms with van der Waals surface area (Å²) in [5.41, 5.74) is 1.69. The molecule has 0 aliphatic heterocycles. The molecule has 0 spiro atoms. The number of nitrogens with zero attached hydrogens (tertiary/aromatic N) is 1. The summed E-state index contributed by atoms with van der Waals surface area (Å²) < 4.78 is 19.6. The maximum Gasteiger partial charge on any atom is 0.184 e. The van der Waals surface area contributed by atoms with Crippen molar-refractivity contribution in [2.24, 2.45) is 0 Å². The predicted molar refractivity (Wildman–Crippen MR) is 82.5 cm³/mol. The van der Waals surface area contributed by atoms with Crippen LogP contribution in [0, 0.1) is 12.7 Å². The summed E-state index contributed by atoms with van der Waals surface area (Å²) in [7, 11) is 0. The average molecular weight is 309 g/mol. The van der Waals surface area contributed by atoms with Gasteiger partial charge in [0.1, 0.15) is 5.75 Å². The van der Waals surface area contributed by atoms with Gasteiger partial charge in [0.05, 0.1) is 5.02 Å². The molecule has 0 radical (unpaired) electrons. The van der Waals surface area contributed by atoms with Crippen molar-refractivity contribution in [3.05, 3.63) is 52.6 Å². The SMILES string of the molecule is CCCNCc1cnc(C)cc1Oc1cccc(Cl)c1F. The van der Waals surface area contributed by atoms with Crippen LogP contribution in [0.5, 0.6) is 11.5 Å². The van der Waals surface area contributed by atoms with E-state index in [4.69, 9.17) is 16.3 Å². The molecule has 0 amide bonds. The lowest BCUT2D eigenvalue weighted by molar-refractivity contribution is 0.434. The Bertz CT molecular complexity index is 619. The number of hydrogen-bond donors (Lipinski definition) is 1. The van der Waals surface area contributed by atoms with E-state index < -0.39 is 5.82 Å². The summed E-state index contributed by atoms with van der Waals surface area (Å²) >= 11 is 5.77. The van der Waals surface area contributed by atoms with Gasteiger partial charge in [-0.3, -0.25) is 4.98 Å². The molecule has 0 unspecified atom stereocenters. The summed E-state index contributed by atoms with van der Waals surface area (Å²) in [6.07, 6.45) is 2.79. The third-order valence-electron chi connectivity index (χ3n) is 2.96. The highest BCUT2D eigenvalue weighted by molar-refractivity contribution is 6.30. The Morgan fingerprint density at radius 2 is 2.14 bits per heavy atom. The van der Waals surface area contributed by atoms with Crippen LogP contribution in [-0.4, -0.2) is 11.5 Å². The van der Waals surface area contributed by atoms with Gasteiger partial charge in [0.15, 0.2) is 11.6 Å². The van der Waals surface area contributed by atoms with Crippen molar-refractivity contribution in [1.82, 2.24) is 10.3 Å². The number of pyridine rings is 1. The van der Waals surface area contributed by atoms with Crippen LogP contribution in [-0.2, 0) is 6.54 Å². The summed E-state index contributed by atoms with van der Waals surface area (Å²) in [6.45, 7) is 5.49. The summed E-state index contributed by atoms with van der Waals surface area (Å²) in [5.74, 6) is 0.151. The summed E-state index contributed by atoms with van der Waals surface area (Å²) in [5, 5.41) is 3.33. The second kappa shape index (κ2) is 7.38. The molecule has 1 heterocycles. The van der Waals surface area contributed by atoms with Gasteiger partial charge < -0.3 is 10.1 Å². The normalized spacial score (nSPS) is 10.7. The molecular formula is C16H18ClFN2O. The van der Waals surface area contributed by atoms with E-state index >= 15 is 0 Å². The number of aromatic nitrogens is 1. The predicted octanol–water partition coefficient (Wildman–Crippen LogP) is 4.47. The van der Waals surface area contributed by atoms with Crippen LogP contribution in [0.15, 0.2) is 30.5 Å². The number of benzene rings is 1. The number of nitrogens with one attached hydrogen (secondary N) is 1. The molecule has 2 aromatic rings. The van der Waals surface area contributed by atoms with Crippen molar-refractivity contribution in [1.29, 1.82) is 0 Å². The Morgan fingerprint density at radius 1 is 1.33 bits per heavy atom. The fourth-order valence-electron chi connectivity index (χ4n) is 1.87. The Morgan fingerprint density at radius 3 is 2.90 bits per heavy atom. The second-order valence-electron chi connectivity index (χ2n) is 4.76. The highest BCUT2D eigenvalue weighted by atomic mass is 35.5.